The summed E-state index contributed by atoms with van der Waals surface area (Å²) in [5, 5.41) is 4.34. The fourth-order valence-corrected chi connectivity index (χ4v) is 3.07. The van der Waals surface area contributed by atoms with Crippen LogP contribution in [0.3, 0.4) is 0 Å². The topological polar surface area (TPSA) is 47.4 Å². The Morgan fingerprint density at radius 3 is 2.83 bits per heavy atom. The van der Waals surface area contributed by atoms with Crippen molar-refractivity contribution in [2.45, 2.75) is 38.9 Å². The SMILES string of the molecule is COC[C@H]1CCn2nccc2CN1C(=O)Cc1ccc(C)cc1. The molecule has 0 spiro atoms. The van der Waals surface area contributed by atoms with E-state index in [1.807, 2.05) is 39.9 Å². The highest BCUT2D eigenvalue weighted by atomic mass is 16.5. The number of ether oxygens (including phenoxy) is 1. The normalized spacial score (nSPS) is 17.7. The molecule has 0 fully saturated rings. The second-order valence-electron chi connectivity index (χ2n) is 6.13. The summed E-state index contributed by atoms with van der Waals surface area (Å²) in [5.41, 5.74) is 3.34. The third-order valence-corrected chi connectivity index (χ3v) is 4.41. The molecular weight excluding hydrogens is 290 g/mol. The van der Waals surface area contributed by atoms with Gasteiger partial charge >= 0.3 is 0 Å². The Kier molecular flexibility index (Phi) is 4.76. The molecule has 122 valence electrons. The number of carbonyl (C=O) groups is 1. The number of hydrogen-bond donors (Lipinski definition) is 0. The lowest BCUT2D eigenvalue weighted by atomic mass is 10.1. The highest BCUT2D eigenvalue weighted by Gasteiger charge is 2.27. The standard InChI is InChI=1S/C18H23N3O2/c1-14-3-5-15(6-4-14)11-18(22)20-12-16-7-9-19-21(16)10-8-17(20)13-23-2/h3-7,9,17H,8,10-13H2,1-2H3/t17-/m1/s1. The predicted octanol–water partition coefficient (Wildman–Crippen LogP) is 2.18. The average Bonchev–Trinajstić information content (AvgIpc) is 2.92. The first-order chi connectivity index (χ1) is 11.2. The number of aromatic nitrogens is 2. The molecule has 1 aliphatic rings. The summed E-state index contributed by atoms with van der Waals surface area (Å²) in [6.45, 7) is 4.03. The smallest absolute Gasteiger partial charge is 0.227 e. The van der Waals surface area contributed by atoms with Crippen molar-refractivity contribution in [3.8, 4) is 0 Å². The molecule has 0 unspecified atom stereocenters. The van der Waals surface area contributed by atoms with Crippen molar-refractivity contribution in [1.82, 2.24) is 14.7 Å². The van der Waals surface area contributed by atoms with Gasteiger partial charge in [0.25, 0.3) is 0 Å². The van der Waals surface area contributed by atoms with E-state index in [0.717, 1.165) is 24.2 Å². The molecule has 2 heterocycles. The minimum atomic E-state index is 0.0969. The van der Waals surface area contributed by atoms with Crippen LogP contribution in [-0.2, 0) is 29.0 Å². The Labute approximate surface area is 136 Å². The van der Waals surface area contributed by atoms with Gasteiger partial charge in [-0.15, -0.1) is 0 Å². The molecule has 0 N–H and O–H groups in total. The zero-order valence-corrected chi connectivity index (χ0v) is 13.7. The maximum atomic E-state index is 12.9. The number of carbonyl (C=O) groups excluding carboxylic acids is 1. The van der Waals surface area contributed by atoms with Crippen LogP contribution < -0.4 is 0 Å². The quantitative estimate of drug-likeness (QED) is 0.869. The van der Waals surface area contributed by atoms with Crippen molar-refractivity contribution in [1.29, 1.82) is 0 Å². The second-order valence-corrected chi connectivity index (χ2v) is 6.13. The monoisotopic (exact) mass is 313 g/mol. The molecule has 1 amide bonds. The zero-order chi connectivity index (χ0) is 16.2. The fraction of sp³-hybridized carbons (Fsp3) is 0.444. The molecule has 2 aromatic rings. The van der Waals surface area contributed by atoms with Gasteiger partial charge in [0.1, 0.15) is 0 Å². The summed E-state index contributed by atoms with van der Waals surface area (Å²) >= 11 is 0. The van der Waals surface area contributed by atoms with E-state index in [1.54, 1.807) is 13.3 Å². The van der Waals surface area contributed by atoms with Gasteiger partial charge < -0.3 is 9.64 Å². The molecule has 5 heteroatoms. The van der Waals surface area contributed by atoms with E-state index in [2.05, 4.69) is 12.0 Å². The minimum absolute atomic E-state index is 0.0969. The molecule has 0 radical (unpaired) electrons. The Bertz CT molecular complexity index is 663. The van der Waals surface area contributed by atoms with Gasteiger partial charge in [-0.05, 0) is 25.0 Å². The molecule has 1 aliphatic heterocycles. The summed E-state index contributed by atoms with van der Waals surface area (Å²) < 4.78 is 7.32. The first-order valence-corrected chi connectivity index (χ1v) is 8.02. The molecule has 1 atom stereocenters. The van der Waals surface area contributed by atoms with Gasteiger partial charge in [-0.2, -0.15) is 5.10 Å². The van der Waals surface area contributed by atoms with Crippen LogP contribution in [-0.4, -0.2) is 40.3 Å². The number of fused-ring (bicyclic) bond motifs is 1. The largest absolute Gasteiger partial charge is 0.383 e. The van der Waals surface area contributed by atoms with Gasteiger partial charge in [-0.25, -0.2) is 0 Å². The molecule has 0 aliphatic carbocycles. The van der Waals surface area contributed by atoms with E-state index in [4.69, 9.17) is 4.74 Å². The van der Waals surface area contributed by atoms with Crippen LogP contribution >= 0.6 is 0 Å². The van der Waals surface area contributed by atoms with Gasteiger partial charge in [-0.3, -0.25) is 9.48 Å². The molecule has 0 bridgehead atoms. The number of aryl methyl sites for hydroxylation is 2. The lowest BCUT2D eigenvalue weighted by molar-refractivity contribution is -0.134. The Balaban J connectivity index is 1.78. The van der Waals surface area contributed by atoms with Crippen molar-refractivity contribution < 1.29 is 9.53 Å². The first-order valence-electron chi connectivity index (χ1n) is 8.02. The Morgan fingerprint density at radius 1 is 1.30 bits per heavy atom. The fourth-order valence-electron chi connectivity index (χ4n) is 3.07. The molecular formula is C18H23N3O2. The molecule has 5 nitrogen and oxygen atoms in total. The lowest BCUT2D eigenvalue weighted by Gasteiger charge is -2.29. The van der Waals surface area contributed by atoms with Gasteiger partial charge in [0, 0.05) is 19.9 Å². The molecule has 0 saturated heterocycles. The molecule has 3 rings (SSSR count). The zero-order valence-electron chi connectivity index (χ0n) is 13.7. The Morgan fingerprint density at radius 2 is 2.09 bits per heavy atom. The molecule has 1 aromatic heterocycles. The van der Waals surface area contributed by atoms with Crippen LogP contribution in [0.15, 0.2) is 36.5 Å². The van der Waals surface area contributed by atoms with E-state index in [0.29, 0.717) is 19.6 Å². The third-order valence-electron chi connectivity index (χ3n) is 4.41. The third kappa shape index (κ3) is 3.62. The minimum Gasteiger partial charge on any atom is -0.383 e. The number of rotatable bonds is 4. The van der Waals surface area contributed by atoms with Crippen LogP contribution in [0.1, 0.15) is 23.2 Å². The van der Waals surface area contributed by atoms with Crippen LogP contribution in [0.4, 0.5) is 0 Å². The van der Waals surface area contributed by atoms with Gasteiger partial charge in [0.15, 0.2) is 0 Å². The molecule has 23 heavy (non-hydrogen) atoms. The summed E-state index contributed by atoms with van der Waals surface area (Å²) in [6.07, 6.45) is 3.09. The summed E-state index contributed by atoms with van der Waals surface area (Å²) in [6, 6.07) is 10.2. The number of hydrogen-bond acceptors (Lipinski definition) is 3. The summed E-state index contributed by atoms with van der Waals surface area (Å²) in [7, 11) is 1.69. The van der Waals surface area contributed by atoms with Crippen molar-refractivity contribution in [2.24, 2.45) is 0 Å². The van der Waals surface area contributed by atoms with Crippen molar-refractivity contribution in [2.75, 3.05) is 13.7 Å². The summed E-state index contributed by atoms with van der Waals surface area (Å²) in [5.74, 6) is 0.144. The number of benzene rings is 1. The van der Waals surface area contributed by atoms with Crippen LogP contribution in [0, 0.1) is 6.92 Å². The molecule has 1 aromatic carbocycles. The van der Waals surface area contributed by atoms with E-state index in [9.17, 15) is 4.79 Å². The van der Waals surface area contributed by atoms with Gasteiger partial charge in [0.05, 0.1) is 31.3 Å². The Hall–Kier alpha value is -2.14. The maximum absolute atomic E-state index is 12.9. The summed E-state index contributed by atoms with van der Waals surface area (Å²) in [4.78, 5) is 14.8. The highest BCUT2D eigenvalue weighted by molar-refractivity contribution is 5.79. The number of nitrogens with zero attached hydrogens (tertiary/aromatic N) is 3. The van der Waals surface area contributed by atoms with Crippen molar-refractivity contribution in [3.05, 3.63) is 53.3 Å². The lowest BCUT2D eigenvalue weighted by Crippen LogP contribution is -2.42. The predicted molar refractivity (Wildman–Crippen MR) is 87.9 cm³/mol. The van der Waals surface area contributed by atoms with E-state index in [1.165, 1.54) is 5.56 Å². The van der Waals surface area contributed by atoms with Crippen molar-refractivity contribution >= 4 is 5.91 Å². The highest BCUT2D eigenvalue weighted by Crippen LogP contribution is 2.19. The first kappa shape index (κ1) is 15.7. The van der Waals surface area contributed by atoms with Crippen LogP contribution in [0.2, 0.25) is 0 Å². The second kappa shape index (κ2) is 6.96. The van der Waals surface area contributed by atoms with Gasteiger partial charge in [-0.1, -0.05) is 29.8 Å². The number of methoxy groups -OCH3 is 1. The van der Waals surface area contributed by atoms with E-state index >= 15 is 0 Å². The van der Waals surface area contributed by atoms with Gasteiger partial charge in [0.2, 0.25) is 5.91 Å². The molecule has 0 saturated carbocycles. The van der Waals surface area contributed by atoms with E-state index in [-0.39, 0.29) is 11.9 Å². The maximum Gasteiger partial charge on any atom is 0.227 e. The van der Waals surface area contributed by atoms with Crippen molar-refractivity contribution in [3.63, 3.8) is 0 Å². The number of amides is 1. The van der Waals surface area contributed by atoms with Crippen LogP contribution in [0.25, 0.3) is 0 Å². The van der Waals surface area contributed by atoms with E-state index < -0.39 is 0 Å². The van der Waals surface area contributed by atoms with Crippen LogP contribution in [0.5, 0.6) is 0 Å². The average molecular weight is 313 g/mol.